The van der Waals surface area contributed by atoms with Crippen LogP contribution in [0, 0.1) is 0 Å². The van der Waals surface area contributed by atoms with E-state index in [1.807, 2.05) is 0 Å². The molecule has 1 aromatic rings. The number of carbonyl (C=O) groups is 1. The van der Waals surface area contributed by atoms with Crippen molar-refractivity contribution >= 4 is 5.97 Å². The SMILES string of the molecule is [2H]Cn1cncc1C[C@H](N)C(=O)O. The quantitative estimate of drug-likeness (QED) is 0.633. The van der Waals surface area contributed by atoms with Gasteiger partial charge in [-0.2, -0.15) is 0 Å². The van der Waals surface area contributed by atoms with Gasteiger partial charge in [-0.3, -0.25) is 4.79 Å². The molecule has 0 bridgehead atoms. The number of nitrogens with zero attached hydrogens (tertiary/aromatic N) is 2. The highest BCUT2D eigenvalue weighted by Gasteiger charge is 2.13. The van der Waals surface area contributed by atoms with Crippen molar-refractivity contribution in [2.75, 3.05) is 0 Å². The fourth-order valence-corrected chi connectivity index (χ4v) is 0.831. The van der Waals surface area contributed by atoms with E-state index in [1.54, 1.807) is 4.57 Å². The molecule has 0 radical (unpaired) electrons. The second kappa shape index (κ2) is 3.36. The highest BCUT2D eigenvalue weighted by atomic mass is 16.4. The first-order valence-corrected chi connectivity index (χ1v) is 3.41. The second-order valence-electron chi connectivity index (χ2n) is 2.50. The molecule has 12 heavy (non-hydrogen) atoms. The van der Waals surface area contributed by atoms with Crippen LogP contribution in [0.1, 0.15) is 7.06 Å². The molecule has 0 amide bonds. The third-order valence-electron chi connectivity index (χ3n) is 1.54. The third-order valence-corrected chi connectivity index (χ3v) is 1.54. The number of aryl methyl sites for hydroxylation is 1. The number of carboxylic acid groups (broad SMARTS) is 1. The van der Waals surface area contributed by atoms with Crippen LogP contribution >= 0.6 is 0 Å². The molecule has 0 saturated heterocycles. The summed E-state index contributed by atoms with van der Waals surface area (Å²) in [6, 6.07) is -0.929. The van der Waals surface area contributed by atoms with Crippen molar-refractivity contribution in [1.82, 2.24) is 9.55 Å². The highest BCUT2D eigenvalue weighted by molar-refractivity contribution is 5.73. The van der Waals surface area contributed by atoms with E-state index in [0.29, 0.717) is 5.69 Å². The van der Waals surface area contributed by atoms with E-state index in [9.17, 15) is 4.79 Å². The molecule has 1 rings (SSSR count). The predicted molar refractivity (Wildman–Crippen MR) is 42.5 cm³/mol. The van der Waals surface area contributed by atoms with Gasteiger partial charge in [-0.25, -0.2) is 4.98 Å². The minimum atomic E-state index is -1.04. The molecule has 0 aliphatic heterocycles. The summed E-state index contributed by atoms with van der Waals surface area (Å²) in [7, 11) is 0.0294. The Morgan fingerprint density at radius 2 is 2.83 bits per heavy atom. The Balaban J connectivity index is 2.68. The van der Waals surface area contributed by atoms with Gasteiger partial charge >= 0.3 is 5.97 Å². The van der Waals surface area contributed by atoms with Gasteiger partial charge in [0.05, 0.1) is 6.33 Å². The molecule has 0 unspecified atom stereocenters. The number of aromatic nitrogens is 2. The number of hydrogen-bond acceptors (Lipinski definition) is 3. The van der Waals surface area contributed by atoms with E-state index in [0.717, 1.165) is 0 Å². The van der Waals surface area contributed by atoms with E-state index in [4.69, 9.17) is 12.2 Å². The third kappa shape index (κ3) is 1.82. The highest BCUT2D eigenvalue weighted by Crippen LogP contribution is 1.99. The number of imidazole rings is 1. The fourth-order valence-electron chi connectivity index (χ4n) is 0.831. The summed E-state index contributed by atoms with van der Waals surface area (Å²) in [4.78, 5) is 14.2. The first-order valence-electron chi connectivity index (χ1n) is 4.12. The molecular formula is C7H11N3O2. The second-order valence-corrected chi connectivity index (χ2v) is 2.50. The summed E-state index contributed by atoms with van der Waals surface area (Å²) in [5.74, 6) is -1.04. The van der Waals surface area contributed by atoms with Gasteiger partial charge in [-0.15, -0.1) is 0 Å². The molecule has 0 aromatic carbocycles. The molecule has 66 valence electrons. The van der Waals surface area contributed by atoms with Gasteiger partial charge in [0.25, 0.3) is 0 Å². The van der Waals surface area contributed by atoms with Gasteiger partial charge in [0.2, 0.25) is 0 Å². The lowest BCUT2D eigenvalue weighted by atomic mass is 10.2. The Morgan fingerprint density at radius 3 is 3.42 bits per heavy atom. The Labute approximate surface area is 71.2 Å². The van der Waals surface area contributed by atoms with Crippen LogP contribution in [-0.2, 0) is 18.2 Å². The number of carboxylic acids is 1. The lowest BCUT2D eigenvalue weighted by molar-refractivity contribution is -0.138. The summed E-state index contributed by atoms with van der Waals surface area (Å²) in [6.07, 6.45) is 3.21. The maximum Gasteiger partial charge on any atom is 0.320 e. The first kappa shape index (κ1) is 7.30. The monoisotopic (exact) mass is 170 g/mol. The number of nitrogens with two attached hydrogens (primary N) is 1. The first-order chi connectivity index (χ1) is 6.15. The topological polar surface area (TPSA) is 81.1 Å². The number of hydrogen-bond donors (Lipinski definition) is 2. The molecule has 0 spiro atoms. The molecule has 5 heteroatoms. The van der Waals surface area contributed by atoms with Gasteiger partial charge in [0.15, 0.2) is 0 Å². The van der Waals surface area contributed by atoms with Crippen molar-refractivity contribution in [3.8, 4) is 0 Å². The zero-order chi connectivity index (χ0) is 9.84. The summed E-state index contributed by atoms with van der Waals surface area (Å²) >= 11 is 0. The van der Waals surface area contributed by atoms with Crippen molar-refractivity contribution in [2.45, 2.75) is 12.5 Å². The van der Waals surface area contributed by atoms with Crippen molar-refractivity contribution in [3.05, 3.63) is 18.2 Å². The molecule has 1 heterocycles. The van der Waals surface area contributed by atoms with Crippen LogP contribution in [-0.4, -0.2) is 26.7 Å². The lowest BCUT2D eigenvalue weighted by Gasteiger charge is -2.05. The van der Waals surface area contributed by atoms with Crippen LogP contribution in [0.15, 0.2) is 12.5 Å². The van der Waals surface area contributed by atoms with Crippen LogP contribution in [0.2, 0.25) is 0 Å². The summed E-state index contributed by atoms with van der Waals surface area (Å²) in [5, 5.41) is 8.54. The number of aliphatic carboxylic acids is 1. The minimum Gasteiger partial charge on any atom is -0.480 e. The molecular weight excluding hydrogens is 158 g/mol. The Morgan fingerprint density at radius 1 is 2.08 bits per heavy atom. The van der Waals surface area contributed by atoms with E-state index >= 15 is 0 Å². The van der Waals surface area contributed by atoms with E-state index in [2.05, 4.69) is 4.98 Å². The standard InChI is InChI=1S/C7H11N3O2/c1-10-4-9-3-5(10)2-6(8)7(11)12/h3-4,6H,2,8H2,1H3,(H,11,12)/t6-/m0/s1/i1D. The lowest BCUT2D eigenvalue weighted by Crippen LogP contribution is -2.32. The van der Waals surface area contributed by atoms with Crippen LogP contribution in [0.5, 0.6) is 0 Å². The summed E-state index contributed by atoms with van der Waals surface area (Å²) in [6.45, 7) is 0. The Hall–Kier alpha value is -1.36. The maximum atomic E-state index is 10.4. The molecule has 5 nitrogen and oxygen atoms in total. The van der Waals surface area contributed by atoms with Crippen LogP contribution in [0.4, 0.5) is 0 Å². The predicted octanol–water partition coefficient (Wildman–Crippen LogP) is -0.626. The molecule has 3 N–H and O–H groups in total. The van der Waals surface area contributed by atoms with Crippen molar-refractivity contribution in [2.24, 2.45) is 12.8 Å². The van der Waals surface area contributed by atoms with E-state index in [-0.39, 0.29) is 13.4 Å². The molecule has 0 aliphatic carbocycles. The zero-order valence-electron chi connectivity index (χ0n) is 7.47. The summed E-state index contributed by atoms with van der Waals surface area (Å²) < 4.78 is 8.63. The van der Waals surface area contributed by atoms with Crippen molar-refractivity contribution in [3.63, 3.8) is 0 Å². The largest absolute Gasteiger partial charge is 0.480 e. The smallest absolute Gasteiger partial charge is 0.320 e. The molecule has 0 fully saturated rings. The van der Waals surface area contributed by atoms with Crippen LogP contribution < -0.4 is 5.73 Å². The Bertz CT molecular complexity index is 300. The molecule has 0 aliphatic rings. The van der Waals surface area contributed by atoms with Crippen LogP contribution in [0.3, 0.4) is 0 Å². The molecule has 1 aromatic heterocycles. The average Bonchev–Trinajstić information content (AvgIpc) is 2.51. The van der Waals surface area contributed by atoms with Gasteiger partial charge < -0.3 is 15.4 Å². The average molecular weight is 170 g/mol. The van der Waals surface area contributed by atoms with E-state index < -0.39 is 12.0 Å². The van der Waals surface area contributed by atoms with E-state index in [1.165, 1.54) is 12.5 Å². The van der Waals surface area contributed by atoms with Gasteiger partial charge in [-0.1, -0.05) is 0 Å². The van der Waals surface area contributed by atoms with Gasteiger partial charge in [-0.05, 0) is 0 Å². The van der Waals surface area contributed by atoms with Gasteiger partial charge in [0, 0.05) is 26.7 Å². The minimum absolute atomic E-state index is 0.0294. The van der Waals surface area contributed by atoms with Crippen molar-refractivity contribution in [1.29, 1.82) is 0 Å². The summed E-state index contributed by atoms with van der Waals surface area (Å²) in [5.41, 5.74) is 6.00. The fraction of sp³-hybridized carbons (Fsp3) is 0.429. The normalized spacial score (nSPS) is 13.9. The maximum absolute atomic E-state index is 10.4. The zero-order valence-corrected chi connectivity index (χ0v) is 6.47. The molecule has 1 atom stereocenters. The van der Waals surface area contributed by atoms with Crippen molar-refractivity contribution < 1.29 is 11.3 Å². The number of rotatable bonds is 3. The van der Waals surface area contributed by atoms with Crippen LogP contribution in [0.25, 0.3) is 0 Å². The Kier molecular flexibility index (Phi) is 2.04. The molecule has 0 saturated carbocycles. The van der Waals surface area contributed by atoms with Gasteiger partial charge in [0.1, 0.15) is 6.04 Å².